The van der Waals surface area contributed by atoms with Crippen molar-refractivity contribution in [3.63, 3.8) is 0 Å². The van der Waals surface area contributed by atoms with E-state index in [1.54, 1.807) is 12.1 Å². The molecule has 0 radical (unpaired) electrons. The van der Waals surface area contributed by atoms with E-state index in [1.807, 2.05) is 24.3 Å². The lowest BCUT2D eigenvalue weighted by Crippen LogP contribution is -2.05. The van der Waals surface area contributed by atoms with E-state index >= 15 is 0 Å². The van der Waals surface area contributed by atoms with Gasteiger partial charge in [0.15, 0.2) is 0 Å². The van der Waals surface area contributed by atoms with Crippen LogP contribution in [0.2, 0.25) is 5.02 Å². The Labute approximate surface area is 149 Å². The summed E-state index contributed by atoms with van der Waals surface area (Å²) in [5, 5.41) is 10.5. The molecule has 130 valence electrons. The summed E-state index contributed by atoms with van der Waals surface area (Å²) in [6, 6.07) is 11.0. The number of aryl methyl sites for hydroxylation is 2. The first kappa shape index (κ1) is 18.5. The van der Waals surface area contributed by atoms with Gasteiger partial charge >= 0.3 is 0 Å². The van der Waals surface area contributed by atoms with Crippen LogP contribution in [0.3, 0.4) is 0 Å². The third-order valence-electron chi connectivity index (χ3n) is 3.86. The molecule has 0 aliphatic heterocycles. The monoisotopic (exact) mass is 348 g/mol. The van der Waals surface area contributed by atoms with Gasteiger partial charge in [-0.05, 0) is 73.2 Å². The van der Waals surface area contributed by atoms with E-state index in [0.29, 0.717) is 24.0 Å². The second kappa shape index (κ2) is 9.43. The summed E-state index contributed by atoms with van der Waals surface area (Å²) >= 11 is 5.84. The minimum Gasteiger partial charge on any atom is -0.508 e. The minimum absolute atomic E-state index is 0.312. The molecule has 0 heterocycles. The number of unbranched alkanes of at least 4 members (excludes halogenated alkanes) is 1. The van der Waals surface area contributed by atoms with Crippen molar-refractivity contribution in [1.29, 1.82) is 0 Å². The van der Waals surface area contributed by atoms with Crippen LogP contribution in [0.25, 0.3) is 0 Å². The zero-order valence-electron chi connectivity index (χ0n) is 14.3. The topological polar surface area (TPSA) is 38.7 Å². The number of phenolic OH excluding ortho intramolecular Hbond substituents is 1. The third-order valence-corrected chi connectivity index (χ3v) is 4.11. The summed E-state index contributed by atoms with van der Waals surface area (Å²) in [7, 11) is 0. The molecule has 0 unspecified atom stereocenters. The fourth-order valence-electron chi connectivity index (χ4n) is 2.55. The Bertz CT molecular complexity index is 613. The Morgan fingerprint density at radius 2 is 1.42 bits per heavy atom. The molecule has 0 aliphatic rings. The molecule has 0 aliphatic carbocycles. The van der Waals surface area contributed by atoms with Crippen molar-refractivity contribution in [3.05, 3.63) is 52.5 Å². The van der Waals surface area contributed by atoms with E-state index in [9.17, 15) is 5.11 Å². The van der Waals surface area contributed by atoms with Crippen LogP contribution < -0.4 is 9.47 Å². The lowest BCUT2D eigenvalue weighted by Gasteiger charge is -2.15. The van der Waals surface area contributed by atoms with E-state index in [4.69, 9.17) is 21.1 Å². The largest absolute Gasteiger partial charge is 0.508 e. The first-order valence-corrected chi connectivity index (χ1v) is 8.87. The number of hydrogen-bond donors (Lipinski definition) is 1. The zero-order valence-corrected chi connectivity index (χ0v) is 15.1. The predicted molar refractivity (Wildman–Crippen MR) is 98.5 cm³/mol. The summed E-state index contributed by atoms with van der Waals surface area (Å²) in [5.74, 6) is 2.07. The molecule has 3 nitrogen and oxygen atoms in total. The van der Waals surface area contributed by atoms with Gasteiger partial charge in [-0.2, -0.15) is 0 Å². The van der Waals surface area contributed by atoms with Gasteiger partial charge in [0.2, 0.25) is 0 Å². The molecular weight excluding hydrogens is 324 g/mol. The van der Waals surface area contributed by atoms with Gasteiger partial charge in [-0.25, -0.2) is 0 Å². The molecule has 2 aromatic carbocycles. The highest BCUT2D eigenvalue weighted by molar-refractivity contribution is 6.30. The van der Waals surface area contributed by atoms with Crippen molar-refractivity contribution in [2.75, 3.05) is 13.2 Å². The van der Waals surface area contributed by atoms with Crippen LogP contribution in [-0.2, 0) is 12.8 Å². The van der Waals surface area contributed by atoms with Gasteiger partial charge in [-0.15, -0.1) is 0 Å². The van der Waals surface area contributed by atoms with E-state index in [0.717, 1.165) is 48.3 Å². The van der Waals surface area contributed by atoms with Crippen molar-refractivity contribution in [2.24, 2.45) is 0 Å². The van der Waals surface area contributed by atoms with E-state index in [-0.39, 0.29) is 0 Å². The Morgan fingerprint density at radius 1 is 0.875 bits per heavy atom. The second-order valence-electron chi connectivity index (χ2n) is 5.66. The van der Waals surface area contributed by atoms with Gasteiger partial charge in [-0.3, -0.25) is 0 Å². The number of ether oxygens (including phenoxy) is 2. The number of hydrogen-bond acceptors (Lipinski definition) is 3. The maximum absolute atomic E-state index is 9.77. The maximum atomic E-state index is 9.77. The Balaban J connectivity index is 1.77. The van der Waals surface area contributed by atoms with Gasteiger partial charge in [0, 0.05) is 5.02 Å². The minimum atomic E-state index is 0.312. The van der Waals surface area contributed by atoms with Crippen LogP contribution in [0.1, 0.15) is 37.8 Å². The molecule has 0 amide bonds. The van der Waals surface area contributed by atoms with Crippen molar-refractivity contribution < 1.29 is 14.6 Å². The van der Waals surface area contributed by atoms with Crippen LogP contribution in [0.4, 0.5) is 0 Å². The van der Waals surface area contributed by atoms with Gasteiger partial charge in [0.05, 0.1) is 13.2 Å². The molecule has 0 saturated heterocycles. The molecule has 0 fully saturated rings. The van der Waals surface area contributed by atoms with Crippen LogP contribution in [0.15, 0.2) is 36.4 Å². The number of aromatic hydroxyl groups is 1. The Kier molecular flexibility index (Phi) is 7.26. The Hall–Kier alpha value is -1.87. The maximum Gasteiger partial charge on any atom is 0.125 e. The highest BCUT2D eigenvalue weighted by atomic mass is 35.5. The van der Waals surface area contributed by atoms with Crippen LogP contribution in [0, 0.1) is 0 Å². The van der Waals surface area contributed by atoms with Crippen LogP contribution >= 0.6 is 11.6 Å². The first-order chi connectivity index (χ1) is 11.6. The molecule has 0 bridgehead atoms. The lowest BCUT2D eigenvalue weighted by atomic mass is 10.0. The molecule has 1 N–H and O–H groups in total. The van der Waals surface area contributed by atoms with Gasteiger partial charge in [-0.1, -0.05) is 25.4 Å². The molecular formula is C20H25ClO3. The van der Waals surface area contributed by atoms with Gasteiger partial charge in [0.25, 0.3) is 0 Å². The fourth-order valence-corrected chi connectivity index (χ4v) is 2.67. The molecule has 0 aromatic heterocycles. The first-order valence-electron chi connectivity index (χ1n) is 8.50. The average molecular weight is 349 g/mol. The summed E-state index contributed by atoms with van der Waals surface area (Å²) in [6.45, 7) is 5.44. The van der Waals surface area contributed by atoms with Crippen LogP contribution in [0.5, 0.6) is 17.2 Å². The number of benzene rings is 2. The Morgan fingerprint density at radius 3 is 1.96 bits per heavy atom. The molecule has 24 heavy (non-hydrogen) atoms. The fraction of sp³-hybridized carbons (Fsp3) is 0.400. The van der Waals surface area contributed by atoms with E-state index < -0.39 is 0 Å². The summed E-state index contributed by atoms with van der Waals surface area (Å²) in [5.41, 5.74) is 2.12. The standard InChI is InChI=1S/C20H25ClO3/c1-3-15-13-18(22)14-16(4-2)20(15)24-12-6-5-11-23-19-9-7-17(21)8-10-19/h7-10,13-14,22H,3-6,11-12H2,1-2H3. The van der Waals surface area contributed by atoms with Crippen molar-refractivity contribution in [1.82, 2.24) is 0 Å². The third kappa shape index (κ3) is 5.34. The van der Waals surface area contributed by atoms with Gasteiger partial charge < -0.3 is 14.6 Å². The number of halogens is 1. The predicted octanol–water partition coefficient (Wildman–Crippen LogP) is 5.41. The molecule has 0 saturated carbocycles. The van der Waals surface area contributed by atoms with Gasteiger partial charge in [0.1, 0.15) is 17.2 Å². The highest BCUT2D eigenvalue weighted by Crippen LogP contribution is 2.30. The SMILES string of the molecule is CCc1cc(O)cc(CC)c1OCCCCOc1ccc(Cl)cc1. The lowest BCUT2D eigenvalue weighted by molar-refractivity contribution is 0.264. The highest BCUT2D eigenvalue weighted by Gasteiger charge is 2.10. The molecule has 2 aromatic rings. The van der Waals surface area contributed by atoms with Crippen molar-refractivity contribution >= 4 is 11.6 Å². The zero-order chi connectivity index (χ0) is 17.4. The van der Waals surface area contributed by atoms with E-state index in [1.165, 1.54) is 0 Å². The second-order valence-corrected chi connectivity index (χ2v) is 6.09. The summed E-state index contributed by atoms with van der Waals surface area (Å²) in [6.07, 6.45) is 3.53. The molecule has 0 spiro atoms. The van der Waals surface area contributed by atoms with E-state index in [2.05, 4.69) is 13.8 Å². The summed E-state index contributed by atoms with van der Waals surface area (Å²) < 4.78 is 11.7. The number of phenols is 1. The van der Waals surface area contributed by atoms with Crippen molar-refractivity contribution in [3.8, 4) is 17.2 Å². The van der Waals surface area contributed by atoms with Crippen molar-refractivity contribution in [2.45, 2.75) is 39.5 Å². The molecule has 0 atom stereocenters. The number of rotatable bonds is 9. The molecule has 4 heteroatoms. The smallest absolute Gasteiger partial charge is 0.125 e. The molecule has 2 rings (SSSR count). The summed E-state index contributed by atoms with van der Waals surface area (Å²) in [4.78, 5) is 0. The normalized spacial score (nSPS) is 10.6. The quantitative estimate of drug-likeness (QED) is 0.616. The average Bonchev–Trinajstić information content (AvgIpc) is 2.59. The van der Waals surface area contributed by atoms with Crippen LogP contribution in [-0.4, -0.2) is 18.3 Å².